The maximum Gasteiger partial charge on any atom is 0.328 e. The lowest BCUT2D eigenvalue weighted by Gasteiger charge is -2.30. The zero-order valence-electron chi connectivity index (χ0n) is 34.1. The van der Waals surface area contributed by atoms with Gasteiger partial charge < -0.3 is 13.8 Å². The maximum absolute atomic E-state index is 16.7. The largest absolute Gasteiger partial charge is 0.393 e. The third-order valence-electron chi connectivity index (χ3n) is 11.2. The van der Waals surface area contributed by atoms with Crippen LogP contribution in [-0.2, 0) is 0 Å². The zero-order chi connectivity index (χ0) is 46.1. The van der Waals surface area contributed by atoms with E-state index in [0.29, 0.717) is 47.2 Å². The zero-order valence-corrected chi connectivity index (χ0v) is 34.1. The predicted molar refractivity (Wildman–Crippen MR) is 217 cm³/mol. The van der Waals surface area contributed by atoms with Crippen LogP contribution in [0.4, 0.5) is 52.7 Å². The van der Waals surface area contributed by atoms with Gasteiger partial charge in [0.2, 0.25) is 0 Å². The van der Waals surface area contributed by atoms with E-state index in [4.69, 9.17) is 0 Å². The fourth-order valence-corrected chi connectivity index (χ4v) is 8.83. The molecule has 0 amide bonds. The molecule has 6 aromatic carbocycles. The van der Waals surface area contributed by atoms with E-state index in [-0.39, 0.29) is 16.7 Å². The quantitative estimate of drug-likeness (QED) is 0.0723. The van der Waals surface area contributed by atoms with Crippen LogP contribution < -0.4 is 0 Å². The van der Waals surface area contributed by atoms with Crippen molar-refractivity contribution in [2.24, 2.45) is 0 Å². The molecule has 19 heteroatoms. The number of benzene rings is 6. The molecule has 0 unspecified atom stereocenters. The van der Waals surface area contributed by atoms with Gasteiger partial charge in [-0.25, -0.2) is 68.0 Å². The first-order valence-electron chi connectivity index (χ1n) is 19.4. The highest BCUT2D eigenvalue weighted by Crippen LogP contribution is 2.41. The number of hydrogen-bond acceptors (Lipinski definition) is 3. The summed E-state index contributed by atoms with van der Waals surface area (Å²) in [7, 11) is -4.13. The summed E-state index contributed by atoms with van der Waals surface area (Å²) in [5.41, 5.74) is -2.88. The summed E-state index contributed by atoms with van der Waals surface area (Å²) in [6.45, 7) is 9.62. The lowest BCUT2D eigenvalue weighted by atomic mass is 9.92. The predicted octanol–water partition coefficient (Wildman–Crippen LogP) is 11.9. The minimum atomic E-state index is -4.13. The van der Waals surface area contributed by atoms with Crippen molar-refractivity contribution in [3.63, 3.8) is 0 Å². The van der Waals surface area contributed by atoms with Crippen LogP contribution in [-0.4, -0.2) is 36.2 Å². The van der Waals surface area contributed by atoms with Crippen LogP contribution >= 0.6 is 0 Å². The van der Waals surface area contributed by atoms with Gasteiger partial charge in [0, 0.05) is 16.7 Å². The average Bonchev–Trinajstić information content (AvgIpc) is 3.95. The smallest absolute Gasteiger partial charge is 0.328 e. The van der Waals surface area contributed by atoms with Crippen molar-refractivity contribution in [2.45, 2.75) is 41.5 Å². The van der Waals surface area contributed by atoms with E-state index in [1.54, 1.807) is 59.7 Å². The van der Waals surface area contributed by atoms with Crippen molar-refractivity contribution in [1.29, 1.82) is 0 Å². The summed E-state index contributed by atoms with van der Waals surface area (Å²) in [5.74, 6) is -26.6. The lowest BCUT2D eigenvalue weighted by molar-refractivity contribution is 0.416. The van der Waals surface area contributed by atoms with Crippen molar-refractivity contribution in [1.82, 2.24) is 29.1 Å². The van der Waals surface area contributed by atoms with Crippen molar-refractivity contribution < 1.29 is 52.7 Å². The van der Waals surface area contributed by atoms with Crippen LogP contribution in [0, 0.1) is 111 Å². The number of hydrogen-bond donors (Lipinski definition) is 0. The van der Waals surface area contributed by atoms with Gasteiger partial charge in [-0.2, -0.15) is 0 Å². The van der Waals surface area contributed by atoms with E-state index in [1.807, 2.05) is 0 Å². The molecule has 3 aromatic heterocycles. The topological polar surface area (TPSA) is 53.5 Å². The van der Waals surface area contributed by atoms with Gasteiger partial charge in [0.05, 0.1) is 49.8 Å². The van der Waals surface area contributed by atoms with Crippen LogP contribution in [0.3, 0.4) is 0 Å². The molecule has 0 spiro atoms. The number of halogens is 12. The summed E-state index contributed by atoms with van der Waals surface area (Å²) < 4.78 is 193. The molecule has 326 valence electrons. The standard InChI is InChI=1S/C45H28BF12N6/c1-16-7-17(2)11-22(10-16)40-25-28(47)31(50)34(53)37(56)43(25)62(59-40)46(63-44-26(29(48)32(51)35(54)38(44)57)41(60-63)23-12-18(3)8-19(4)13-23)64-45-27(30(49)33(52)36(55)39(45)58)42(61-64)24-14-20(5)9-21(6)15-24/h7-15,46H,1-6H3/q-1. The maximum atomic E-state index is 16.7. The van der Waals surface area contributed by atoms with Gasteiger partial charge in [0.1, 0.15) is 0 Å². The highest BCUT2D eigenvalue weighted by Gasteiger charge is 2.36. The summed E-state index contributed by atoms with van der Waals surface area (Å²) >= 11 is 0. The Labute approximate surface area is 354 Å². The molecule has 0 N–H and O–H groups in total. The second-order valence-electron chi connectivity index (χ2n) is 16.0. The number of rotatable bonds is 6. The fourth-order valence-electron chi connectivity index (χ4n) is 8.83. The molecule has 9 rings (SSSR count). The average molecular weight is 892 g/mol. The van der Waals surface area contributed by atoms with Gasteiger partial charge in [0.25, 0.3) is 0 Å². The van der Waals surface area contributed by atoms with Crippen LogP contribution in [0.15, 0.2) is 54.6 Å². The molecule has 0 atom stereocenters. The van der Waals surface area contributed by atoms with Gasteiger partial charge >= 0.3 is 7.12 Å². The Bertz CT molecular complexity index is 3090. The second-order valence-corrected chi connectivity index (χ2v) is 16.0. The molecule has 3 heterocycles. The third-order valence-corrected chi connectivity index (χ3v) is 11.2. The monoisotopic (exact) mass is 891 g/mol. The molecule has 0 radical (unpaired) electrons. The summed E-state index contributed by atoms with van der Waals surface area (Å²) in [6.07, 6.45) is 0. The number of aromatic nitrogens is 6. The second kappa shape index (κ2) is 14.8. The Kier molecular flexibility index (Phi) is 9.76. The highest BCUT2D eigenvalue weighted by atomic mass is 19.2. The normalized spacial score (nSPS) is 12.0. The van der Waals surface area contributed by atoms with E-state index in [9.17, 15) is 0 Å². The Balaban J connectivity index is 1.56. The Morgan fingerprint density at radius 2 is 0.500 bits per heavy atom. The van der Waals surface area contributed by atoms with Crippen molar-refractivity contribution in [3.8, 4) is 33.8 Å². The Morgan fingerprint density at radius 1 is 0.297 bits per heavy atom. The highest BCUT2D eigenvalue weighted by molar-refractivity contribution is 6.56. The summed E-state index contributed by atoms with van der Waals surface area (Å²) in [5, 5.41) is 9.90. The van der Waals surface area contributed by atoms with Crippen LogP contribution in [0.25, 0.3) is 66.5 Å². The van der Waals surface area contributed by atoms with Gasteiger partial charge in [0.15, 0.2) is 69.8 Å². The molecule has 0 aliphatic heterocycles. The molecule has 0 aliphatic rings. The first kappa shape index (κ1) is 42.3. The number of aryl methyl sites for hydroxylation is 6. The van der Waals surface area contributed by atoms with E-state index in [1.165, 1.54) is 36.4 Å². The molecule has 64 heavy (non-hydrogen) atoms. The molecule has 0 saturated heterocycles. The number of fused-ring (bicyclic) bond motifs is 3. The minimum absolute atomic E-state index is 0.0538. The molecular weight excluding hydrogens is 863 g/mol. The lowest BCUT2D eigenvalue weighted by Crippen LogP contribution is -2.44. The molecule has 0 fully saturated rings. The van der Waals surface area contributed by atoms with E-state index >= 15 is 52.7 Å². The van der Waals surface area contributed by atoms with Crippen molar-refractivity contribution >= 4 is 39.8 Å². The molecule has 9 aromatic rings. The number of nitrogens with zero attached hydrogens (tertiary/aromatic N) is 6. The van der Waals surface area contributed by atoms with Gasteiger partial charge in [-0.15, -0.1) is 0 Å². The molecular formula is C45H28BF12N6-. The van der Waals surface area contributed by atoms with Crippen molar-refractivity contribution in [2.75, 3.05) is 0 Å². The van der Waals surface area contributed by atoms with E-state index in [2.05, 4.69) is 15.3 Å². The molecule has 6 nitrogen and oxygen atoms in total. The van der Waals surface area contributed by atoms with Crippen LogP contribution in [0.2, 0.25) is 0 Å². The first-order valence-corrected chi connectivity index (χ1v) is 19.4. The summed E-state index contributed by atoms with van der Waals surface area (Å²) in [6, 6.07) is 13.4. The third kappa shape index (κ3) is 6.18. The van der Waals surface area contributed by atoms with Gasteiger partial charge in [-0.05, 0) is 77.9 Å². The molecule has 0 bridgehead atoms. The first-order chi connectivity index (χ1) is 30.2. The van der Waals surface area contributed by atoms with Crippen LogP contribution in [0.1, 0.15) is 33.4 Å². The van der Waals surface area contributed by atoms with Crippen molar-refractivity contribution in [3.05, 3.63) is 158 Å². The van der Waals surface area contributed by atoms with E-state index in [0.717, 1.165) is 0 Å². The van der Waals surface area contributed by atoms with E-state index < -0.39 is 127 Å². The van der Waals surface area contributed by atoms with Gasteiger partial charge in [-0.3, -0.25) is 0 Å². The SMILES string of the molecule is Cc1cc(C)cc(-c2nn([BH-](n3nc(-c4cc(C)cc(C)c4)c4c(F)c(F)c(F)c(F)c43)n3nc(-c4cc(C)cc(C)c4)c4c(F)c(F)c(F)c(F)c43)c3c(F)c(F)c(F)c(F)c23)c1. The van der Waals surface area contributed by atoms with Gasteiger partial charge in [-0.1, -0.05) is 51.6 Å². The molecule has 0 saturated carbocycles. The molecule has 0 aliphatic carbocycles. The fraction of sp³-hybridized carbons (Fsp3) is 0.133. The summed E-state index contributed by atoms with van der Waals surface area (Å²) in [4.78, 5) is 0. The minimum Gasteiger partial charge on any atom is -0.393 e. The Morgan fingerprint density at radius 3 is 0.719 bits per heavy atom. The van der Waals surface area contributed by atoms with Crippen LogP contribution in [0.5, 0.6) is 0 Å². The Hall–Kier alpha value is -7.05.